The van der Waals surface area contributed by atoms with Gasteiger partial charge in [0.05, 0.1) is 6.61 Å². The Morgan fingerprint density at radius 2 is 0.844 bits per heavy atom. The molecular weight excluding hydrogens is 489 g/mol. The van der Waals surface area contributed by atoms with Crippen LogP contribution in [0, 0.1) is 0 Å². The maximum absolute atomic E-state index is 6.85. The minimum absolute atomic E-state index is 0.243. The fourth-order valence-corrected chi connectivity index (χ4v) is 8.21. The van der Waals surface area contributed by atoms with Crippen LogP contribution in [0.25, 0.3) is 0 Å². The highest BCUT2D eigenvalue weighted by molar-refractivity contribution is 6.71. The Morgan fingerprint density at radius 1 is 0.469 bits per heavy atom. The lowest BCUT2D eigenvalue weighted by molar-refractivity contribution is -0.268. The van der Waals surface area contributed by atoms with E-state index in [1.54, 1.807) is 0 Å². The molecule has 1 saturated heterocycles. The second-order valence-corrected chi connectivity index (χ2v) is 36.1. The Hall–Kier alpha value is 0.844. The van der Waals surface area contributed by atoms with Crippen molar-refractivity contribution < 1.29 is 26.9 Å². The van der Waals surface area contributed by atoms with Crippen molar-refractivity contribution >= 4 is 41.6 Å². The molecule has 0 aromatic carbocycles. The molecule has 0 spiro atoms. The summed E-state index contributed by atoms with van der Waals surface area (Å²) < 4.78 is 39.9. The van der Waals surface area contributed by atoms with E-state index in [0.717, 1.165) is 0 Å². The van der Waals surface area contributed by atoms with Gasteiger partial charge < -0.3 is 26.9 Å². The smallest absolute Gasteiger partial charge is 0.187 e. The first kappa shape index (κ1) is 30.9. The molecule has 5 atom stereocenters. The molecule has 0 bridgehead atoms. The highest BCUT2D eigenvalue weighted by Crippen LogP contribution is 2.35. The van der Waals surface area contributed by atoms with Crippen molar-refractivity contribution in [1.82, 2.24) is 0 Å². The molecular formula is C21H52O6Si5. The predicted molar refractivity (Wildman–Crippen MR) is 147 cm³/mol. The summed E-state index contributed by atoms with van der Waals surface area (Å²) >= 11 is 0. The highest BCUT2D eigenvalue weighted by Gasteiger charge is 2.52. The average Bonchev–Trinajstić information content (AvgIpc) is 2.45. The quantitative estimate of drug-likeness (QED) is 0.296. The topological polar surface area (TPSA) is 55.4 Å². The van der Waals surface area contributed by atoms with Crippen LogP contribution in [0.4, 0.5) is 0 Å². The molecule has 0 N–H and O–H groups in total. The van der Waals surface area contributed by atoms with Crippen LogP contribution >= 0.6 is 0 Å². The standard InChI is InChI=1S/C21H52O6Si5/c1-28(2,3)22-16-17-18(24-29(4,5)6)19(25-30(7,8)9)20(26-31(10,11)12)21(23-17)27-32(13,14)15/h17-21H,16H2,1-15H3/t17-,18-,19-,20+,21+/m1/s1. The fourth-order valence-electron chi connectivity index (χ4n) is 3.41. The van der Waals surface area contributed by atoms with Crippen LogP contribution in [0.5, 0.6) is 0 Å². The van der Waals surface area contributed by atoms with E-state index < -0.39 is 47.9 Å². The van der Waals surface area contributed by atoms with Crippen LogP contribution in [0.2, 0.25) is 98.2 Å². The van der Waals surface area contributed by atoms with Crippen LogP contribution in [0.1, 0.15) is 0 Å². The van der Waals surface area contributed by atoms with E-state index in [-0.39, 0.29) is 24.4 Å². The van der Waals surface area contributed by atoms with Crippen LogP contribution < -0.4 is 0 Å². The molecule has 0 aromatic heterocycles. The Labute approximate surface area is 203 Å². The minimum atomic E-state index is -1.92. The lowest BCUT2D eigenvalue weighted by Gasteiger charge is -2.51. The molecule has 0 aromatic rings. The Bertz CT molecular complexity index is 586. The molecule has 0 unspecified atom stereocenters. The third kappa shape index (κ3) is 12.5. The third-order valence-corrected chi connectivity index (χ3v) is 9.12. The summed E-state index contributed by atoms with van der Waals surface area (Å²) in [5.41, 5.74) is 0. The van der Waals surface area contributed by atoms with Crippen LogP contribution in [-0.4, -0.2) is 78.9 Å². The van der Waals surface area contributed by atoms with Gasteiger partial charge in [0, 0.05) is 0 Å². The van der Waals surface area contributed by atoms with E-state index in [9.17, 15) is 0 Å². The number of hydrogen-bond donors (Lipinski definition) is 0. The van der Waals surface area contributed by atoms with Crippen LogP contribution in [0.3, 0.4) is 0 Å². The zero-order valence-electron chi connectivity index (χ0n) is 23.5. The second kappa shape index (κ2) is 10.8. The Morgan fingerprint density at radius 3 is 1.22 bits per heavy atom. The molecule has 192 valence electrons. The number of ether oxygens (including phenoxy) is 1. The maximum Gasteiger partial charge on any atom is 0.187 e. The molecule has 6 nitrogen and oxygen atoms in total. The van der Waals surface area contributed by atoms with Gasteiger partial charge in [-0.1, -0.05) is 0 Å². The first-order valence-electron chi connectivity index (χ1n) is 12.0. The van der Waals surface area contributed by atoms with E-state index in [0.29, 0.717) is 6.61 Å². The van der Waals surface area contributed by atoms with Gasteiger partial charge in [-0.15, -0.1) is 0 Å². The molecule has 0 aliphatic carbocycles. The van der Waals surface area contributed by atoms with Crippen LogP contribution in [-0.2, 0) is 26.9 Å². The summed E-state index contributed by atoms with van der Waals surface area (Å²) in [5, 5.41) is 0. The van der Waals surface area contributed by atoms with Gasteiger partial charge in [-0.2, -0.15) is 0 Å². The summed E-state index contributed by atoms with van der Waals surface area (Å²) in [5.74, 6) is 0. The highest BCUT2D eigenvalue weighted by atomic mass is 28.4. The van der Waals surface area contributed by atoms with Gasteiger partial charge in [-0.05, 0) is 98.2 Å². The third-order valence-electron chi connectivity index (χ3n) is 4.21. The van der Waals surface area contributed by atoms with Gasteiger partial charge in [0.2, 0.25) is 0 Å². The van der Waals surface area contributed by atoms with E-state index in [2.05, 4.69) is 98.2 Å². The summed E-state index contributed by atoms with van der Waals surface area (Å²) in [4.78, 5) is 0. The van der Waals surface area contributed by atoms with Crippen molar-refractivity contribution in [3.05, 3.63) is 0 Å². The summed E-state index contributed by atoms with van der Waals surface area (Å²) in [6, 6.07) is 0. The van der Waals surface area contributed by atoms with Gasteiger partial charge in [0.25, 0.3) is 0 Å². The first-order valence-corrected chi connectivity index (χ1v) is 29.0. The molecule has 1 rings (SSSR count). The summed E-state index contributed by atoms with van der Waals surface area (Å²) in [7, 11) is -9.37. The molecule has 11 heteroatoms. The van der Waals surface area contributed by atoms with Crippen molar-refractivity contribution in [2.45, 2.75) is 129 Å². The molecule has 1 aliphatic heterocycles. The molecule has 32 heavy (non-hydrogen) atoms. The first-order chi connectivity index (χ1) is 14.0. The summed E-state index contributed by atoms with van der Waals surface area (Å²) in [6.07, 6.45) is -1.54. The van der Waals surface area contributed by atoms with E-state index in [1.807, 2.05) is 0 Å². The van der Waals surface area contributed by atoms with Gasteiger partial charge >= 0.3 is 0 Å². The van der Waals surface area contributed by atoms with Crippen molar-refractivity contribution in [3.63, 3.8) is 0 Å². The van der Waals surface area contributed by atoms with E-state index >= 15 is 0 Å². The SMILES string of the molecule is C[Si](C)(C)OC[C@H]1O[C@@H](O[Si](C)(C)C)[C@@H](O[Si](C)(C)C)[C@H](O[Si](C)(C)C)[C@@H]1O[Si](C)(C)C. The number of rotatable bonds is 11. The van der Waals surface area contributed by atoms with E-state index in [1.165, 1.54) is 0 Å². The monoisotopic (exact) mass is 540 g/mol. The average molecular weight is 541 g/mol. The van der Waals surface area contributed by atoms with Gasteiger partial charge in [-0.25, -0.2) is 0 Å². The van der Waals surface area contributed by atoms with Crippen molar-refractivity contribution in [3.8, 4) is 0 Å². The fraction of sp³-hybridized carbons (Fsp3) is 1.00. The van der Waals surface area contributed by atoms with Crippen molar-refractivity contribution in [2.75, 3.05) is 6.61 Å². The van der Waals surface area contributed by atoms with Gasteiger partial charge in [-0.3, -0.25) is 0 Å². The molecule has 1 fully saturated rings. The molecule has 1 aliphatic rings. The largest absolute Gasteiger partial charge is 0.415 e. The Balaban J connectivity index is 3.50. The Kier molecular flexibility index (Phi) is 10.5. The van der Waals surface area contributed by atoms with Gasteiger partial charge in [0.1, 0.15) is 24.4 Å². The predicted octanol–water partition coefficient (Wildman–Crippen LogP) is 6.07. The summed E-state index contributed by atoms with van der Waals surface area (Å²) in [6.45, 7) is 33.6. The van der Waals surface area contributed by atoms with Crippen molar-refractivity contribution in [1.29, 1.82) is 0 Å². The molecule has 1 heterocycles. The van der Waals surface area contributed by atoms with E-state index in [4.69, 9.17) is 26.9 Å². The van der Waals surface area contributed by atoms with Crippen molar-refractivity contribution in [2.24, 2.45) is 0 Å². The number of hydrogen-bond acceptors (Lipinski definition) is 6. The van der Waals surface area contributed by atoms with Crippen LogP contribution in [0.15, 0.2) is 0 Å². The maximum atomic E-state index is 6.85. The zero-order chi connectivity index (χ0) is 25.3. The zero-order valence-corrected chi connectivity index (χ0v) is 28.5. The normalized spacial score (nSPS) is 28.8. The minimum Gasteiger partial charge on any atom is -0.415 e. The van der Waals surface area contributed by atoms with Gasteiger partial charge in [0.15, 0.2) is 47.9 Å². The molecule has 0 radical (unpaired) electrons. The molecule has 0 amide bonds. The molecule has 0 saturated carbocycles. The second-order valence-electron chi connectivity index (χ2n) is 13.8. The lowest BCUT2D eigenvalue weighted by Crippen LogP contribution is -2.67. The lowest BCUT2D eigenvalue weighted by atomic mass is 9.99.